The number of anilines is 1. The lowest BCUT2D eigenvalue weighted by atomic mass is 10.0. The van der Waals surface area contributed by atoms with Gasteiger partial charge in [0.25, 0.3) is 0 Å². The number of nitriles is 1. The van der Waals surface area contributed by atoms with Crippen molar-refractivity contribution in [3.63, 3.8) is 0 Å². The number of aromatic nitrogens is 2. The zero-order chi connectivity index (χ0) is 28.5. The number of piperazine rings is 1. The highest BCUT2D eigenvalue weighted by atomic mass is 32.2. The maximum atomic E-state index is 13.1. The number of benzene rings is 2. The third-order valence-electron chi connectivity index (χ3n) is 7.64. The molecule has 0 aliphatic carbocycles. The van der Waals surface area contributed by atoms with Crippen LogP contribution in [0.15, 0.2) is 48.5 Å². The molecule has 3 heterocycles. The van der Waals surface area contributed by atoms with E-state index in [0.29, 0.717) is 36.3 Å². The van der Waals surface area contributed by atoms with E-state index < -0.39 is 21.8 Å². The van der Waals surface area contributed by atoms with Crippen LogP contribution < -0.4 is 4.90 Å². The van der Waals surface area contributed by atoms with Gasteiger partial charge in [-0.05, 0) is 30.7 Å². The number of para-hydroxylation sites is 1. The summed E-state index contributed by atoms with van der Waals surface area (Å²) in [6.45, 7) is 5.37. The molecule has 8 nitrogen and oxygen atoms in total. The molecule has 0 N–H and O–H groups in total. The van der Waals surface area contributed by atoms with Gasteiger partial charge in [-0.3, -0.25) is 9.58 Å². The molecule has 0 unspecified atom stereocenters. The lowest BCUT2D eigenvalue weighted by Gasteiger charge is -2.36. The van der Waals surface area contributed by atoms with E-state index in [0.717, 1.165) is 68.2 Å². The predicted molar refractivity (Wildman–Crippen MR) is 146 cm³/mol. The first kappa shape index (κ1) is 28.1. The Labute approximate surface area is 232 Å². The van der Waals surface area contributed by atoms with Gasteiger partial charge in [-0.15, -0.1) is 0 Å². The Morgan fingerprint density at radius 3 is 2.33 bits per heavy atom. The number of hydrogen-bond donors (Lipinski definition) is 0. The molecular weight excluding hydrogens is 541 g/mol. The first-order chi connectivity index (χ1) is 19.0. The minimum Gasteiger partial charge on any atom is -0.368 e. The van der Waals surface area contributed by atoms with Crippen LogP contribution in [0.4, 0.5) is 18.9 Å². The molecular formula is C28H31F3N6O2S. The van der Waals surface area contributed by atoms with Crippen LogP contribution in [0.5, 0.6) is 0 Å². The molecule has 1 aromatic heterocycles. The van der Waals surface area contributed by atoms with Crippen molar-refractivity contribution in [2.45, 2.75) is 32.1 Å². The molecule has 1 saturated heterocycles. The van der Waals surface area contributed by atoms with Gasteiger partial charge in [0, 0.05) is 75.6 Å². The highest BCUT2D eigenvalue weighted by molar-refractivity contribution is 7.88. The fourth-order valence-corrected chi connectivity index (χ4v) is 6.27. The van der Waals surface area contributed by atoms with Crippen LogP contribution in [0.1, 0.15) is 28.8 Å². The summed E-state index contributed by atoms with van der Waals surface area (Å²) in [7, 11) is -3.43. The third kappa shape index (κ3) is 6.01. The largest absolute Gasteiger partial charge is 0.416 e. The van der Waals surface area contributed by atoms with Crippen LogP contribution in [-0.2, 0) is 35.7 Å². The van der Waals surface area contributed by atoms with Crippen molar-refractivity contribution in [3.8, 4) is 17.3 Å². The molecule has 0 spiro atoms. The van der Waals surface area contributed by atoms with Crippen LogP contribution in [0.25, 0.3) is 11.3 Å². The summed E-state index contributed by atoms with van der Waals surface area (Å²) >= 11 is 0. The second kappa shape index (κ2) is 11.2. The van der Waals surface area contributed by atoms with Crippen molar-refractivity contribution < 1.29 is 21.6 Å². The summed E-state index contributed by atoms with van der Waals surface area (Å²) < 4.78 is 67.1. The monoisotopic (exact) mass is 572 g/mol. The summed E-state index contributed by atoms with van der Waals surface area (Å²) in [6, 6.07) is 14.8. The van der Waals surface area contributed by atoms with E-state index in [1.54, 1.807) is 0 Å². The van der Waals surface area contributed by atoms with Gasteiger partial charge >= 0.3 is 6.18 Å². The van der Waals surface area contributed by atoms with E-state index in [1.807, 2.05) is 28.9 Å². The molecule has 5 rings (SSSR count). The maximum Gasteiger partial charge on any atom is 0.416 e. The molecule has 2 aliphatic heterocycles. The normalized spacial score (nSPS) is 17.0. The summed E-state index contributed by atoms with van der Waals surface area (Å²) in [5.41, 5.74) is 3.66. The Hall–Kier alpha value is -3.40. The van der Waals surface area contributed by atoms with Crippen molar-refractivity contribution in [2.24, 2.45) is 0 Å². The van der Waals surface area contributed by atoms with E-state index in [1.165, 1.54) is 22.7 Å². The van der Waals surface area contributed by atoms with Crippen LogP contribution >= 0.6 is 0 Å². The average Bonchev–Trinajstić information content (AvgIpc) is 3.30. The average molecular weight is 573 g/mol. The summed E-state index contributed by atoms with van der Waals surface area (Å²) in [5, 5.41) is 14.2. The lowest BCUT2D eigenvalue weighted by molar-refractivity contribution is -0.137. The predicted octanol–water partition coefficient (Wildman–Crippen LogP) is 3.97. The molecule has 0 radical (unpaired) electrons. The Kier molecular flexibility index (Phi) is 7.90. The van der Waals surface area contributed by atoms with Crippen LogP contribution in [0.3, 0.4) is 0 Å². The first-order valence-electron chi connectivity index (χ1n) is 13.2. The van der Waals surface area contributed by atoms with Gasteiger partial charge < -0.3 is 4.90 Å². The fourth-order valence-electron chi connectivity index (χ4n) is 5.48. The first-order valence-corrected chi connectivity index (χ1v) is 15.1. The van der Waals surface area contributed by atoms with Crippen molar-refractivity contribution in [2.75, 3.05) is 50.4 Å². The number of aryl methyl sites for hydroxylation is 1. The highest BCUT2D eigenvalue weighted by Gasteiger charge is 2.32. The standard InChI is InChI=1S/C28H31F3N6O2S/c1-40(38,39)36-14-11-26-24(20-36)27(21-7-9-23(10-8-21)28(29,30)31)33-37(26)13-4-12-34-15-17-35(18-16-34)25-6-3-2-5-22(25)19-32/h2-3,5-10H,4,11-18,20H2,1H3. The quantitative estimate of drug-likeness (QED) is 0.426. The Balaban J connectivity index is 1.28. The lowest BCUT2D eigenvalue weighted by Crippen LogP contribution is -2.47. The van der Waals surface area contributed by atoms with Crippen LogP contribution in [0.2, 0.25) is 0 Å². The topological polar surface area (TPSA) is 85.5 Å². The molecule has 2 aromatic carbocycles. The van der Waals surface area contributed by atoms with E-state index in [4.69, 9.17) is 5.10 Å². The van der Waals surface area contributed by atoms with Gasteiger partial charge in [0.2, 0.25) is 10.0 Å². The zero-order valence-corrected chi connectivity index (χ0v) is 23.0. The minimum absolute atomic E-state index is 0.149. The smallest absolute Gasteiger partial charge is 0.368 e. The number of sulfonamides is 1. The Bertz CT molecular complexity index is 1500. The van der Waals surface area contributed by atoms with Gasteiger partial charge in [0.15, 0.2) is 0 Å². The molecule has 3 aromatic rings. The number of rotatable bonds is 7. The number of halogens is 3. The number of hydrogen-bond acceptors (Lipinski definition) is 6. The molecule has 0 amide bonds. The molecule has 0 bridgehead atoms. The Morgan fingerprint density at radius 1 is 0.975 bits per heavy atom. The summed E-state index contributed by atoms with van der Waals surface area (Å²) in [4.78, 5) is 4.62. The highest BCUT2D eigenvalue weighted by Crippen LogP contribution is 2.34. The number of fused-ring (bicyclic) bond motifs is 1. The molecule has 0 saturated carbocycles. The van der Waals surface area contributed by atoms with E-state index in [-0.39, 0.29) is 6.54 Å². The van der Waals surface area contributed by atoms with Crippen molar-refractivity contribution in [1.82, 2.24) is 19.0 Å². The van der Waals surface area contributed by atoms with Crippen molar-refractivity contribution in [3.05, 3.63) is 70.9 Å². The molecule has 2 aliphatic rings. The van der Waals surface area contributed by atoms with E-state index in [2.05, 4.69) is 15.9 Å². The van der Waals surface area contributed by atoms with Gasteiger partial charge in [-0.2, -0.15) is 27.8 Å². The molecule has 40 heavy (non-hydrogen) atoms. The van der Waals surface area contributed by atoms with Crippen molar-refractivity contribution in [1.29, 1.82) is 5.26 Å². The van der Waals surface area contributed by atoms with E-state index in [9.17, 15) is 26.9 Å². The maximum absolute atomic E-state index is 13.1. The summed E-state index contributed by atoms with van der Waals surface area (Å²) in [6.07, 6.45) is -1.95. The third-order valence-corrected chi connectivity index (χ3v) is 8.89. The van der Waals surface area contributed by atoms with Gasteiger partial charge in [0.1, 0.15) is 6.07 Å². The fraction of sp³-hybridized carbons (Fsp3) is 0.429. The Morgan fingerprint density at radius 2 is 1.68 bits per heavy atom. The molecule has 212 valence electrons. The summed E-state index contributed by atoms with van der Waals surface area (Å²) in [5.74, 6) is 0. The van der Waals surface area contributed by atoms with Gasteiger partial charge in [-0.1, -0.05) is 24.3 Å². The van der Waals surface area contributed by atoms with Crippen LogP contribution in [0, 0.1) is 11.3 Å². The number of nitrogens with zero attached hydrogens (tertiary/aromatic N) is 6. The van der Waals surface area contributed by atoms with Crippen molar-refractivity contribution >= 4 is 15.7 Å². The molecule has 12 heteroatoms. The van der Waals surface area contributed by atoms with Crippen LogP contribution in [-0.4, -0.2) is 72.9 Å². The van der Waals surface area contributed by atoms with Gasteiger partial charge in [0.05, 0.1) is 28.8 Å². The SMILES string of the molecule is CS(=O)(=O)N1CCc2c(c(-c3ccc(C(F)(F)F)cc3)nn2CCCN2CCN(c3ccccc3C#N)CC2)C1. The second-order valence-corrected chi connectivity index (χ2v) is 12.2. The molecule has 0 atom stereocenters. The zero-order valence-electron chi connectivity index (χ0n) is 22.2. The molecule has 1 fully saturated rings. The second-order valence-electron chi connectivity index (χ2n) is 10.2. The minimum atomic E-state index is -4.44. The van der Waals surface area contributed by atoms with Gasteiger partial charge in [-0.25, -0.2) is 8.42 Å². The number of alkyl halides is 3. The van der Waals surface area contributed by atoms with E-state index >= 15 is 0 Å².